The molecule has 0 atom stereocenters. The van der Waals surface area contributed by atoms with Gasteiger partial charge < -0.3 is 5.73 Å². The van der Waals surface area contributed by atoms with Crippen molar-refractivity contribution in [2.75, 3.05) is 5.73 Å². The molecule has 1 saturated carbocycles. The molecule has 0 unspecified atom stereocenters. The summed E-state index contributed by atoms with van der Waals surface area (Å²) in [5, 5.41) is 2.30. The molecular weight excluding hydrogens is 264 g/mol. The van der Waals surface area contributed by atoms with E-state index in [9.17, 15) is 0 Å². The predicted molar refractivity (Wildman–Crippen MR) is 89.4 cm³/mol. The number of thiazole rings is 1. The first-order valence-corrected chi connectivity index (χ1v) is 9.38. The summed E-state index contributed by atoms with van der Waals surface area (Å²) in [6.45, 7) is 2.27. The van der Waals surface area contributed by atoms with Crippen LogP contribution in [-0.4, -0.2) is 4.98 Å². The van der Waals surface area contributed by atoms with Crippen LogP contribution in [0.3, 0.4) is 0 Å². The van der Waals surface area contributed by atoms with Gasteiger partial charge in [0.25, 0.3) is 0 Å². The van der Waals surface area contributed by atoms with E-state index in [1.807, 2.05) is 0 Å². The number of unbranched alkanes of at least 4 members (excludes halogenated alkanes) is 6. The second-order valence-electron chi connectivity index (χ2n) is 6.22. The third-order valence-electron chi connectivity index (χ3n) is 4.47. The molecule has 3 heteroatoms. The third-order valence-corrected chi connectivity index (χ3v) is 5.55. The van der Waals surface area contributed by atoms with Gasteiger partial charge in [-0.05, 0) is 25.7 Å². The number of hydrogen-bond acceptors (Lipinski definition) is 3. The smallest absolute Gasteiger partial charge is 0.109 e. The third kappa shape index (κ3) is 4.76. The first-order chi connectivity index (χ1) is 9.81. The highest BCUT2D eigenvalue weighted by Crippen LogP contribution is 2.38. The minimum Gasteiger partial charge on any atom is -0.389 e. The van der Waals surface area contributed by atoms with Crippen LogP contribution in [0.2, 0.25) is 0 Å². The molecule has 20 heavy (non-hydrogen) atoms. The molecule has 114 valence electrons. The monoisotopic (exact) mass is 294 g/mol. The lowest BCUT2D eigenvalue weighted by atomic mass is 10.1. The van der Waals surface area contributed by atoms with E-state index >= 15 is 0 Å². The maximum Gasteiger partial charge on any atom is 0.109 e. The molecule has 2 rings (SSSR count). The molecule has 1 aromatic rings. The zero-order chi connectivity index (χ0) is 14.2. The fraction of sp³-hybridized carbons (Fsp3) is 0.824. The summed E-state index contributed by atoms with van der Waals surface area (Å²) in [5.41, 5.74) is 7.33. The van der Waals surface area contributed by atoms with Crippen molar-refractivity contribution in [3.63, 3.8) is 0 Å². The highest BCUT2D eigenvalue weighted by Gasteiger charge is 2.21. The van der Waals surface area contributed by atoms with Crippen LogP contribution in [0.15, 0.2) is 0 Å². The molecule has 1 aliphatic carbocycles. The Bertz CT molecular complexity index is 380. The van der Waals surface area contributed by atoms with E-state index in [2.05, 4.69) is 6.92 Å². The maximum absolute atomic E-state index is 6.15. The van der Waals surface area contributed by atoms with Crippen molar-refractivity contribution >= 4 is 16.3 Å². The second kappa shape index (κ2) is 8.66. The Hall–Kier alpha value is -0.570. The van der Waals surface area contributed by atoms with Gasteiger partial charge in [-0.3, -0.25) is 0 Å². The summed E-state index contributed by atoms with van der Waals surface area (Å²) in [6, 6.07) is 0. The van der Waals surface area contributed by atoms with E-state index < -0.39 is 0 Å². The summed E-state index contributed by atoms with van der Waals surface area (Å²) in [4.78, 5) is 4.83. The van der Waals surface area contributed by atoms with Crippen LogP contribution in [0.4, 0.5) is 5.00 Å². The number of aryl methyl sites for hydroxylation is 1. The van der Waals surface area contributed by atoms with Gasteiger partial charge in [0.15, 0.2) is 0 Å². The molecule has 1 heterocycles. The van der Waals surface area contributed by atoms with Crippen molar-refractivity contribution in [2.24, 2.45) is 0 Å². The fourth-order valence-corrected chi connectivity index (χ4v) is 4.21. The number of nitrogens with two attached hydrogens (primary N) is 1. The fourth-order valence-electron chi connectivity index (χ4n) is 3.16. The predicted octanol–water partition coefficient (Wildman–Crippen LogP) is 5.68. The van der Waals surface area contributed by atoms with E-state index in [0.29, 0.717) is 5.92 Å². The van der Waals surface area contributed by atoms with Crippen LogP contribution in [0.25, 0.3) is 0 Å². The molecule has 2 nitrogen and oxygen atoms in total. The number of anilines is 1. The first-order valence-electron chi connectivity index (χ1n) is 8.56. The molecule has 0 amide bonds. The van der Waals surface area contributed by atoms with Gasteiger partial charge >= 0.3 is 0 Å². The minimum absolute atomic E-state index is 0.713. The summed E-state index contributed by atoms with van der Waals surface area (Å²) in [6.07, 6.45) is 16.0. The van der Waals surface area contributed by atoms with E-state index in [-0.39, 0.29) is 0 Å². The SMILES string of the molecule is CCCCCCCCCc1nc(C2CCCC2)sc1N. The summed E-state index contributed by atoms with van der Waals surface area (Å²) in [7, 11) is 0. The highest BCUT2D eigenvalue weighted by molar-refractivity contribution is 7.15. The Balaban J connectivity index is 1.67. The Labute approximate surface area is 128 Å². The maximum atomic E-state index is 6.15. The van der Waals surface area contributed by atoms with Crippen molar-refractivity contribution in [3.8, 4) is 0 Å². The molecule has 0 bridgehead atoms. The molecule has 0 aromatic carbocycles. The van der Waals surface area contributed by atoms with Gasteiger partial charge in [0, 0.05) is 5.92 Å². The van der Waals surface area contributed by atoms with E-state index in [4.69, 9.17) is 10.7 Å². The van der Waals surface area contributed by atoms with Crippen molar-refractivity contribution in [2.45, 2.75) is 89.9 Å². The van der Waals surface area contributed by atoms with Crippen LogP contribution in [0.1, 0.15) is 94.2 Å². The molecule has 0 radical (unpaired) electrons. The number of hydrogen-bond donors (Lipinski definition) is 1. The normalized spacial score (nSPS) is 16.1. The first kappa shape index (κ1) is 15.8. The topological polar surface area (TPSA) is 38.9 Å². The van der Waals surface area contributed by atoms with Gasteiger partial charge in [0.05, 0.1) is 10.7 Å². The number of rotatable bonds is 9. The second-order valence-corrected chi connectivity index (χ2v) is 7.28. The zero-order valence-corrected chi connectivity index (χ0v) is 13.8. The minimum atomic E-state index is 0.713. The summed E-state index contributed by atoms with van der Waals surface area (Å²) < 4.78 is 0. The molecule has 1 aliphatic rings. The van der Waals surface area contributed by atoms with Crippen LogP contribution >= 0.6 is 11.3 Å². The number of aromatic nitrogens is 1. The van der Waals surface area contributed by atoms with Crippen LogP contribution in [0.5, 0.6) is 0 Å². The van der Waals surface area contributed by atoms with E-state index in [0.717, 1.165) is 11.4 Å². The van der Waals surface area contributed by atoms with Crippen LogP contribution in [0, 0.1) is 0 Å². The Morgan fingerprint density at radius 3 is 2.40 bits per heavy atom. The Morgan fingerprint density at radius 1 is 1.05 bits per heavy atom. The van der Waals surface area contributed by atoms with Crippen molar-refractivity contribution in [1.82, 2.24) is 4.98 Å². The Morgan fingerprint density at radius 2 is 1.70 bits per heavy atom. The van der Waals surface area contributed by atoms with E-state index in [1.165, 1.54) is 81.3 Å². The van der Waals surface area contributed by atoms with Gasteiger partial charge in [-0.2, -0.15) is 0 Å². The van der Waals surface area contributed by atoms with Gasteiger partial charge in [-0.1, -0.05) is 58.3 Å². The average molecular weight is 295 g/mol. The highest BCUT2D eigenvalue weighted by atomic mass is 32.1. The average Bonchev–Trinajstić information content (AvgIpc) is 3.08. The van der Waals surface area contributed by atoms with Crippen molar-refractivity contribution in [1.29, 1.82) is 0 Å². The van der Waals surface area contributed by atoms with Crippen molar-refractivity contribution in [3.05, 3.63) is 10.7 Å². The summed E-state index contributed by atoms with van der Waals surface area (Å²) >= 11 is 1.75. The number of nitrogens with zero attached hydrogens (tertiary/aromatic N) is 1. The molecule has 1 fully saturated rings. The van der Waals surface area contributed by atoms with Crippen LogP contribution in [-0.2, 0) is 6.42 Å². The van der Waals surface area contributed by atoms with Gasteiger partial charge in [0.2, 0.25) is 0 Å². The standard InChI is InChI=1S/C17H30N2S/c1-2-3-4-5-6-7-8-13-15-16(18)20-17(19-15)14-11-9-10-12-14/h14H,2-13,18H2,1H3. The lowest BCUT2D eigenvalue weighted by Gasteiger charge is -2.03. The molecule has 0 aliphatic heterocycles. The zero-order valence-electron chi connectivity index (χ0n) is 13.0. The molecule has 0 spiro atoms. The van der Waals surface area contributed by atoms with Gasteiger partial charge in [0.1, 0.15) is 5.00 Å². The van der Waals surface area contributed by atoms with Gasteiger partial charge in [-0.25, -0.2) is 4.98 Å². The molecule has 2 N–H and O–H groups in total. The molecular formula is C17H30N2S. The number of nitrogen functional groups attached to an aromatic ring is 1. The lowest BCUT2D eigenvalue weighted by molar-refractivity contribution is 0.587. The van der Waals surface area contributed by atoms with Crippen molar-refractivity contribution < 1.29 is 0 Å². The lowest BCUT2D eigenvalue weighted by Crippen LogP contribution is -1.94. The molecule has 0 saturated heterocycles. The molecule has 1 aromatic heterocycles. The van der Waals surface area contributed by atoms with E-state index in [1.54, 1.807) is 11.3 Å². The largest absolute Gasteiger partial charge is 0.389 e. The summed E-state index contributed by atoms with van der Waals surface area (Å²) in [5.74, 6) is 0.713. The quantitative estimate of drug-likeness (QED) is 0.595. The Kier molecular flexibility index (Phi) is 6.85. The van der Waals surface area contributed by atoms with Crippen LogP contribution < -0.4 is 5.73 Å². The van der Waals surface area contributed by atoms with Gasteiger partial charge in [-0.15, -0.1) is 11.3 Å².